The summed E-state index contributed by atoms with van der Waals surface area (Å²) in [6.45, 7) is 1.62. The molecule has 0 spiro atoms. The van der Waals surface area contributed by atoms with Crippen molar-refractivity contribution in [1.82, 2.24) is 4.72 Å². The zero-order valence-electron chi connectivity index (χ0n) is 13.9. The van der Waals surface area contributed by atoms with Crippen LogP contribution in [0.2, 0.25) is 0 Å². The average Bonchev–Trinajstić information content (AvgIpc) is 3.05. The van der Waals surface area contributed by atoms with Crippen LogP contribution < -0.4 is 14.8 Å². The Labute approximate surface area is 150 Å². The first-order valence-electron chi connectivity index (χ1n) is 8.00. The molecule has 26 heavy (non-hydrogen) atoms. The molecule has 0 saturated carbocycles. The van der Waals surface area contributed by atoms with E-state index in [4.69, 9.17) is 9.15 Å². The third kappa shape index (κ3) is 3.04. The van der Waals surface area contributed by atoms with Crippen molar-refractivity contribution in [1.29, 1.82) is 0 Å². The average molecular weight is 372 g/mol. The molecule has 0 radical (unpaired) electrons. The summed E-state index contributed by atoms with van der Waals surface area (Å²) in [4.78, 5) is 11.5. The fourth-order valence-corrected chi connectivity index (χ4v) is 4.04. The van der Waals surface area contributed by atoms with E-state index in [0.29, 0.717) is 22.8 Å². The van der Waals surface area contributed by atoms with Crippen LogP contribution in [-0.2, 0) is 14.8 Å². The SMILES string of the molecule is CC(NS(=O)(=O)c1ccc2c(c1)NC(=O)CO2)c1cc2ccccc2o1. The minimum absolute atomic E-state index is 0.0324. The van der Waals surface area contributed by atoms with Crippen molar-refractivity contribution in [3.05, 3.63) is 54.3 Å². The Morgan fingerprint density at radius 2 is 1.96 bits per heavy atom. The van der Waals surface area contributed by atoms with Gasteiger partial charge in [0, 0.05) is 5.39 Å². The van der Waals surface area contributed by atoms with E-state index in [9.17, 15) is 13.2 Å². The van der Waals surface area contributed by atoms with E-state index in [2.05, 4.69) is 10.0 Å². The number of benzene rings is 2. The summed E-state index contributed by atoms with van der Waals surface area (Å²) in [5.74, 6) is 0.633. The van der Waals surface area contributed by atoms with E-state index in [-0.39, 0.29) is 17.4 Å². The van der Waals surface area contributed by atoms with Crippen LogP contribution in [0.5, 0.6) is 5.75 Å². The van der Waals surface area contributed by atoms with Crippen LogP contribution in [0.15, 0.2) is 57.8 Å². The highest BCUT2D eigenvalue weighted by Crippen LogP contribution is 2.31. The summed E-state index contributed by atoms with van der Waals surface area (Å²) in [6.07, 6.45) is 0. The van der Waals surface area contributed by atoms with E-state index < -0.39 is 16.1 Å². The first kappa shape index (κ1) is 16.6. The van der Waals surface area contributed by atoms with Crippen molar-refractivity contribution in [3.63, 3.8) is 0 Å². The lowest BCUT2D eigenvalue weighted by molar-refractivity contribution is -0.118. The van der Waals surface area contributed by atoms with Crippen LogP contribution in [-0.4, -0.2) is 20.9 Å². The molecule has 1 aromatic heterocycles. The van der Waals surface area contributed by atoms with Crippen LogP contribution in [0.1, 0.15) is 18.7 Å². The highest BCUT2D eigenvalue weighted by Gasteiger charge is 2.24. The summed E-state index contributed by atoms with van der Waals surface area (Å²) in [6, 6.07) is 13.0. The number of ether oxygens (including phenoxy) is 1. The Morgan fingerprint density at radius 1 is 1.15 bits per heavy atom. The quantitative estimate of drug-likeness (QED) is 0.734. The van der Waals surface area contributed by atoms with Gasteiger partial charge in [-0.1, -0.05) is 18.2 Å². The van der Waals surface area contributed by atoms with Crippen LogP contribution in [0.4, 0.5) is 5.69 Å². The predicted molar refractivity (Wildman–Crippen MR) is 95.5 cm³/mol. The van der Waals surface area contributed by atoms with Crippen LogP contribution in [0, 0.1) is 0 Å². The molecule has 3 aromatic rings. The van der Waals surface area contributed by atoms with E-state index in [0.717, 1.165) is 5.39 Å². The Morgan fingerprint density at radius 3 is 2.77 bits per heavy atom. The van der Waals surface area contributed by atoms with Crippen LogP contribution in [0.25, 0.3) is 11.0 Å². The third-order valence-corrected chi connectivity index (χ3v) is 5.64. The number of anilines is 1. The van der Waals surface area contributed by atoms with Gasteiger partial charge in [0.15, 0.2) is 6.61 Å². The standard InChI is InChI=1S/C18H16N2O5S/c1-11(17-8-12-4-2-3-5-15(12)25-17)20-26(22,23)13-6-7-16-14(9-13)19-18(21)10-24-16/h2-9,11,20H,10H2,1H3,(H,19,21). The summed E-state index contributed by atoms with van der Waals surface area (Å²) in [7, 11) is -3.81. The molecular formula is C18H16N2O5S. The number of amides is 1. The lowest BCUT2D eigenvalue weighted by atomic mass is 10.2. The van der Waals surface area contributed by atoms with Crippen molar-refractivity contribution in [2.45, 2.75) is 17.9 Å². The van der Waals surface area contributed by atoms with Crippen LogP contribution in [0.3, 0.4) is 0 Å². The molecule has 1 unspecified atom stereocenters. The molecule has 4 rings (SSSR count). The van der Waals surface area contributed by atoms with Gasteiger partial charge in [-0.05, 0) is 37.3 Å². The summed E-state index contributed by atoms with van der Waals surface area (Å²) < 4.78 is 38.9. The normalized spacial score (nSPS) is 15.2. The van der Waals surface area contributed by atoms with E-state index in [1.807, 2.05) is 30.3 Å². The lowest BCUT2D eigenvalue weighted by Crippen LogP contribution is -2.28. The Balaban J connectivity index is 1.60. The number of nitrogens with one attached hydrogen (secondary N) is 2. The van der Waals surface area contributed by atoms with Crippen molar-refractivity contribution >= 4 is 32.6 Å². The molecular weight excluding hydrogens is 356 g/mol. The number of hydrogen-bond donors (Lipinski definition) is 2. The van der Waals surface area contributed by atoms with Gasteiger partial charge in [-0.15, -0.1) is 0 Å². The zero-order chi connectivity index (χ0) is 18.3. The molecule has 1 amide bonds. The molecule has 1 aliphatic rings. The topological polar surface area (TPSA) is 97.6 Å². The third-order valence-electron chi connectivity index (χ3n) is 4.10. The van der Waals surface area contributed by atoms with E-state index in [1.165, 1.54) is 18.2 Å². The van der Waals surface area contributed by atoms with Crippen molar-refractivity contribution in [2.75, 3.05) is 11.9 Å². The Bertz CT molecular complexity index is 1070. The van der Waals surface area contributed by atoms with Gasteiger partial charge in [-0.2, -0.15) is 0 Å². The second kappa shape index (κ2) is 6.15. The second-order valence-corrected chi connectivity index (χ2v) is 7.74. The molecule has 1 atom stereocenters. The van der Waals surface area contributed by atoms with E-state index >= 15 is 0 Å². The lowest BCUT2D eigenvalue weighted by Gasteiger charge is -2.19. The first-order chi connectivity index (χ1) is 12.4. The number of furan rings is 1. The Hall–Kier alpha value is -2.84. The number of para-hydroxylation sites is 1. The number of sulfonamides is 1. The van der Waals surface area contributed by atoms with Crippen molar-refractivity contribution in [3.8, 4) is 5.75 Å². The van der Waals surface area contributed by atoms with Gasteiger partial charge in [-0.3, -0.25) is 4.79 Å². The fraction of sp³-hybridized carbons (Fsp3) is 0.167. The zero-order valence-corrected chi connectivity index (χ0v) is 14.7. The number of carbonyl (C=O) groups is 1. The highest BCUT2D eigenvalue weighted by molar-refractivity contribution is 7.89. The molecule has 0 fully saturated rings. The minimum atomic E-state index is -3.81. The number of carbonyl (C=O) groups excluding carboxylic acids is 1. The molecule has 7 nitrogen and oxygen atoms in total. The van der Waals surface area contributed by atoms with Gasteiger partial charge in [0.2, 0.25) is 10.0 Å². The Kier molecular flexibility index (Phi) is 3.93. The maximum atomic E-state index is 12.7. The summed E-state index contributed by atoms with van der Waals surface area (Å²) in [5.41, 5.74) is 1.03. The van der Waals surface area contributed by atoms with Gasteiger partial charge < -0.3 is 14.5 Å². The van der Waals surface area contributed by atoms with Gasteiger partial charge in [0.25, 0.3) is 5.91 Å². The molecule has 2 heterocycles. The van der Waals surface area contributed by atoms with Gasteiger partial charge in [-0.25, -0.2) is 13.1 Å². The minimum Gasteiger partial charge on any atom is -0.482 e. The summed E-state index contributed by atoms with van der Waals surface area (Å²) >= 11 is 0. The number of rotatable bonds is 4. The molecule has 0 bridgehead atoms. The maximum Gasteiger partial charge on any atom is 0.262 e. The molecule has 0 saturated heterocycles. The maximum absolute atomic E-state index is 12.7. The predicted octanol–water partition coefficient (Wildman–Crippen LogP) is 2.80. The highest BCUT2D eigenvalue weighted by atomic mass is 32.2. The monoisotopic (exact) mass is 372 g/mol. The molecule has 8 heteroatoms. The molecule has 2 aromatic carbocycles. The number of hydrogen-bond acceptors (Lipinski definition) is 5. The molecule has 0 aliphatic carbocycles. The van der Waals surface area contributed by atoms with E-state index in [1.54, 1.807) is 6.92 Å². The summed E-state index contributed by atoms with van der Waals surface area (Å²) in [5, 5.41) is 3.51. The van der Waals surface area contributed by atoms with Crippen molar-refractivity contribution < 1.29 is 22.4 Å². The smallest absolute Gasteiger partial charge is 0.262 e. The first-order valence-corrected chi connectivity index (χ1v) is 9.48. The molecule has 134 valence electrons. The molecule has 2 N–H and O–H groups in total. The van der Waals surface area contributed by atoms with Crippen molar-refractivity contribution in [2.24, 2.45) is 0 Å². The second-order valence-electron chi connectivity index (χ2n) is 6.02. The number of fused-ring (bicyclic) bond motifs is 2. The van der Waals surface area contributed by atoms with Gasteiger partial charge >= 0.3 is 0 Å². The van der Waals surface area contributed by atoms with Gasteiger partial charge in [0.05, 0.1) is 16.6 Å². The fourth-order valence-electron chi connectivity index (χ4n) is 2.80. The van der Waals surface area contributed by atoms with Crippen LogP contribution >= 0.6 is 0 Å². The van der Waals surface area contributed by atoms with Gasteiger partial charge in [0.1, 0.15) is 17.1 Å². The molecule has 1 aliphatic heterocycles. The largest absolute Gasteiger partial charge is 0.482 e.